The molecule has 0 radical (unpaired) electrons. The van der Waals surface area contributed by atoms with Crippen molar-refractivity contribution in [1.29, 1.82) is 0 Å². The first-order chi connectivity index (χ1) is 14.2. The monoisotopic (exact) mass is 452 g/mol. The Kier molecular flexibility index (Phi) is 6.52. The minimum atomic E-state index is -4.66. The van der Waals surface area contributed by atoms with Crippen LogP contribution in [-0.4, -0.2) is 65.1 Å². The zero-order valence-electron chi connectivity index (χ0n) is 18.0. The standard InChI is InChI=1S/C20H31F3N2O6/c1-17(2,3)31-16(28)25-19-6-4-18(5-7-19,10-14(19)26)24-15(27)11-29-12-8-13(9-12)30-20(21,22)23/h12-14,26H,4-11H2,1-3H3,(H,24,27)(H,25,28)/t12?,13?,14-,18?,19?/m1/s1. The Balaban J connectivity index is 1.43. The molecule has 0 unspecified atom stereocenters. The summed E-state index contributed by atoms with van der Waals surface area (Å²) in [6.45, 7) is 5.02. The SMILES string of the molecule is CC(C)(C)OC(=O)NC12CCC(NC(=O)COC3CC(OC(F)(F)F)C3)(CC1)C[C@H]2O. The van der Waals surface area contributed by atoms with Crippen LogP contribution < -0.4 is 10.6 Å². The Morgan fingerprint density at radius 1 is 1.03 bits per heavy atom. The second-order valence-corrected chi connectivity index (χ2v) is 9.92. The molecule has 2 bridgehead atoms. The minimum Gasteiger partial charge on any atom is -0.444 e. The summed E-state index contributed by atoms with van der Waals surface area (Å²) >= 11 is 0. The Morgan fingerprint density at radius 3 is 2.16 bits per heavy atom. The van der Waals surface area contributed by atoms with Gasteiger partial charge in [-0.05, 0) is 52.9 Å². The Bertz CT molecular complexity index is 679. The average Bonchev–Trinajstić information content (AvgIpc) is 2.55. The van der Waals surface area contributed by atoms with Gasteiger partial charge in [0.1, 0.15) is 12.2 Å². The first kappa shape index (κ1) is 24.1. The van der Waals surface area contributed by atoms with Crippen LogP contribution in [0.2, 0.25) is 0 Å². The van der Waals surface area contributed by atoms with Gasteiger partial charge in [0.15, 0.2) is 0 Å². The van der Waals surface area contributed by atoms with Gasteiger partial charge < -0.3 is 25.2 Å². The Morgan fingerprint density at radius 2 is 1.65 bits per heavy atom. The highest BCUT2D eigenvalue weighted by molar-refractivity contribution is 5.78. The topological polar surface area (TPSA) is 106 Å². The van der Waals surface area contributed by atoms with E-state index in [4.69, 9.17) is 9.47 Å². The molecule has 0 spiro atoms. The smallest absolute Gasteiger partial charge is 0.444 e. The molecule has 1 atom stereocenters. The molecule has 0 aliphatic heterocycles. The van der Waals surface area contributed by atoms with Crippen molar-refractivity contribution >= 4 is 12.0 Å². The van der Waals surface area contributed by atoms with Crippen LogP contribution in [0.5, 0.6) is 0 Å². The maximum absolute atomic E-state index is 12.3. The molecule has 0 aromatic rings. The van der Waals surface area contributed by atoms with Gasteiger partial charge in [-0.15, -0.1) is 13.2 Å². The van der Waals surface area contributed by atoms with Crippen molar-refractivity contribution in [2.45, 2.75) is 107 Å². The largest absolute Gasteiger partial charge is 0.522 e. The van der Waals surface area contributed by atoms with Crippen LogP contribution in [-0.2, 0) is 19.0 Å². The summed E-state index contributed by atoms with van der Waals surface area (Å²) in [4.78, 5) is 24.5. The van der Waals surface area contributed by atoms with Crippen LogP contribution >= 0.6 is 0 Å². The van der Waals surface area contributed by atoms with Gasteiger partial charge in [-0.3, -0.25) is 9.53 Å². The Labute approximate surface area is 179 Å². The molecule has 0 aromatic heterocycles. The number of ether oxygens (including phenoxy) is 3. The zero-order valence-corrected chi connectivity index (χ0v) is 18.0. The number of carbonyl (C=O) groups excluding carboxylic acids is 2. The highest BCUT2D eigenvalue weighted by Crippen LogP contribution is 2.47. The van der Waals surface area contributed by atoms with Gasteiger partial charge in [0, 0.05) is 18.4 Å². The normalized spacial score (nSPS) is 35.3. The molecule has 2 amide bonds. The highest BCUT2D eigenvalue weighted by atomic mass is 19.4. The van der Waals surface area contributed by atoms with E-state index in [0.717, 1.165) is 0 Å². The molecule has 31 heavy (non-hydrogen) atoms. The van der Waals surface area contributed by atoms with Crippen LogP contribution in [0, 0.1) is 0 Å². The summed E-state index contributed by atoms with van der Waals surface area (Å²) in [6, 6.07) is 0. The number of nitrogens with one attached hydrogen (secondary N) is 2. The van der Waals surface area contributed by atoms with Crippen LogP contribution in [0.1, 0.15) is 65.7 Å². The molecular formula is C20H31F3N2O6. The fourth-order valence-corrected chi connectivity index (χ4v) is 4.63. The van der Waals surface area contributed by atoms with Gasteiger partial charge in [-0.1, -0.05) is 0 Å². The van der Waals surface area contributed by atoms with Gasteiger partial charge >= 0.3 is 12.5 Å². The molecule has 0 heterocycles. The highest BCUT2D eigenvalue weighted by Gasteiger charge is 2.55. The maximum atomic E-state index is 12.3. The molecule has 4 aliphatic carbocycles. The molecule has 4 saturated carbocycles. The van der Waals surface area contributed by atoms with Crippen molar-refractivity contribution in [3.05, 3.63) is 0 Å². The van der Waals surface area contributed by atoms with Gasteiger partial charge in [0.05, 0.1) is 23.9 Å². The summed E-state index contributed by atoms with van der Waals surface area (Å²) < 4.78 is 51.0. The molecule has 0 saturated heterocycles. The molecule has 4 fully saturated rings. The summed E-state index contributed by atoms with van der Waals surface area (Å²) in [5.74, 6) is -0.373. The number of alkyl halides is 3. The number of carbonyl (C=O) groups is 2. The molecular weight excluding hydrogens is 421 g/mol. The molecule has 11 heteroatoms. The van der Waals surface area contributed by atoms with Gasteiger partial charge in [-0.2, -0.15) is 0 Å². The molecule has 0 aromatic carbocycles. The van der Waals surface area contributed by atoms with Crippen molar-refractivity contribution in [1.82, 2.24) is 10.6 Å². The van der Waals surface area contributed by atoms with Crippen molar-refractivity contribution in [3.8, 4) is 0 Å². The van der Waals surface area contributed by atoms with E-state index in [1.165, 1.54) is 0 Å². The van der Waals surface area contributed by atoms with E-state index in [-0.39, 0.29) is 25.4 Å². The number of hydrogen-bond donors (Lipinski definition) is 3. The number of alkyl carbamates (subject to hydrolysis) is 1. The lowest BCUT2D eigenvalue weighted by atomic mass is 9.60. The van der Waals surface area contributed by atoms with Gasteiger partial charge in [-0.25, -0.2) is 4.79 Å². The van der Waals surface area contributed by atoms with Crippen molar-refractivity contribution < 1.29 is 42.1 Å². The predicted molar refractivity (Wildman–Crippen MR) is 102 cm³/mol. The van der Waals surface area contributed by atoms with Crippen molar-refractivity contribution in [2.75, 3.05) is 6.61 Å². The number of hydrogen-bond acceptors (Lipinski definition) is 6. The number of aliphatic hydroxyl groups is 1. The zero-order chi connectivity index (χ0) is 23.1. The Hall–Kier alpha value is -1.59. The van der Waals surface area contributed by atoms with Crippen molar-refractivity contribution in [3.63, 3.8) is 0 Å². The molecule has 4 rings (SSSR count). The summed E-state index contributed by atoms with van der Waals surface area (Å²) in [5, 5.41) is 16.5. The first-order valence-corrected chi connectivity index (χ1v) is 10.6. The quantitative estimate of drug-likeness (QED) is 0.572. The summed E-state index contributed by atoms with van der Waals surface area (Å²) in [7, 11) is 0. The fourth-order valence-electron chi connectivity index (χ4n) is 4.63. The lowest BCUT2D eigenvalue weighted by Gasteiger charge is -2.56. The van der Waals surface area contributed by atoms with E-state index in [9.17, 15) is 27.9 Å². The van der Waals surface area contributed by atoms with Crippen LogP contribution in [0.3, 0.4) is 0 Å². The maximum Gasteiger partial charge on any atom is 0.522 e. The number of fused-ring (bicyclic) bond motifs is 3. The van der Waals surface area contributed by atoms with Crippen LogP contribution in [0.25, 0.3) is 0 Å². The molecule has 178 valence electrons. The van der Waals surface area contributed by atoms with E-state index in [0.29, 0.717) is 32.1 Å². The number of rotatable bonds is 6. The van der Waals surface area contributed by atoms with E-state index in [2.05, 4.69) is 15.4 Å². The third-order valence-electron chi connectivity index (χ3n) is 6.28. The third-order valence-corrected chi connectivity index (χ3v) is 6.28. The fraction of sp³-hybridized carbons (Fsp3) is 0.900. The third kappa shape index (κ3) is 6.23. The minimum absolute atomic E-state index is 0.0928. The number of halogens is 3. The van der Waals surface area contributed by atoms with Crippen molar-refractivity contribution in [2.24, 2.45) is 0 Å². The second kappa shape index (κ2) is 8.40. The summed E-state index contributed by atoms with van der Waals surface area (Å²) in [5.41, 5.74) is -2.00. The van der Waals surface area contributed by atoms with Gasteiger partial charge in [0.25, 0.3) is 0 Å². The second-order valence-electron chi connectivity index (χ2n) is 9.92. The summed E-state index contributed by atoms with van der Waals surface area (Å²) in [6.07, 6.45) is -4.82. The van der Waals surface area contributed by atoms with E-state index >= 15 is 0 Å². The first-order valence-electron chi connectivity index (χ1n) is 10.6. The molecule has 3 N–H and O–H groups in total. The average molecular weight is 452 g/mol. The molecule has 8 nitrogen and oxygen atoms in total. The van der Waals surface area contributed by atoms with E-state index in [1.54, 1.807) is 20.8 Å². The lowest BCUT2D eigenvalue weighted by Crippen LogP contribution is -2.70. The number of amides is 2. The number of aliphatic hydroxyl groups excluding tert-OH is 1. The van der Waals surface area contributed by atoms with E-state index in [1.807, 2.05) is 0 Å². The van der Waals surface area contributed by atoms with E-state index < -0.39 is 47.4 Å². The predicted octanol–water partition coefficient (Wildman–Crippen LogP) is 2.53. The lowest BCUT2D eigenvalue weighted by molar-refractivity contribution is -0.357. The van der Waals surface area contributed by atoms with Crippen LogP contribution in [0.15, 0.2) is 0 Å². The van der Waals surface area contributed by atoms with Gasteiger partial charge in [0.2, 0.25) is 5.91 Å². The van der Waals surface area contributed by atoms with Crippen LogP contribution in [0.4, 0.5) is 18.0 Å². The molecule has 4 aliphatic rings.